The predicted molar refractivity (Wildman–Crippen MR) is 67.5 cm³/mol. The Hall–Kier alpha value is -0.0800. The topological polar surface area (TPSA) is 12.5 Å². The van der Waals surface area contributed by atoms with Gasteiger partial charge >= 0.3 is 0 Å². The first kappa shape index (κ1) is 12.4. The van der Waals surface area contributed by atoms with Gasteiger partial charge in [0.1, 0.15) is 0 Å². The number of hydrogen-bond acceptors (Lipinski definition) is 2. The molecule has 0 aromatic carbocycles. The van der Waals surface area contributed by atoms with E-state index in [0.29, 0.717) is 0 Å². The summed E-state index contributed by atoms with van der Waals surface area (Å²) in [5.41, 5.74) is 0. The first-order chi connectivity index (χ1) is 7.77. The quantitative estimate of drug-likeness (QED) is 0.689. The number of unbranched alkanes of at least 4 members (excludes halogenated alkanes) is 1. The minimum atomic E-state index is 0.844. The summed E-state index contributed by atoms with van der Waals surface area (Å²) < 4.78 is 5.37. The van der Waals surface area contributed by atoms with Crippen LogP contribution in [-0.2, 0) is 4.74 Å². The van der Waals surface area contributed by atoms with Crippen LogP contribution in [0.2, 0.25) is 0 Å². The minimum absolute atomic E-state index is 0.844. The van der Waals surface area contributed by atoms with Crippen LogP contribution in [0.3, 0.4) is 0 Å². The maximum Gasteiger partial charge on any atom is 0.0496 e. The normalized spacial score (nSPS) is 37.5. The van der Waals surface area contributed by atoms with Crippen molar-refractivity contribution in [2.75, 3.05) is 27.3 Å². The molecule has 0 amide bonds. The molecule has 2 heteroatoms. The van der Waals surface area contributed by atoms with Crippen molar-refractivity contribution in [3.05, 3.63) is 0 Å². The SMILES string of the molecule is CCCCN(C)C1CCC2CC1C2COC. The summed E-state index contributed by atoms with van der Waals surface area (Å²) in [6, 6.07) is 0.844. The molecule has 94 valence electrons. The van der Waals surface area contributed by atoms with E-state index in [1.807, 2.05) is 7.11 Å². The molecule has 2 nitrogen and oxygen atoms in total. The van der Waals surface area contributed by atoms with E-state index in [4.69, 9.17) is 4.74 Å². The molecule has 16 heavy (non-hydrogen) atoms. The highest BCUT2D eigenvalue weighted by Crippen LogP contribution is 2.51. The molecule has 3 aliphatic carbocycles. The lowest BCUT2D eigenvalue weighted by atomic mass is 9.55. The van der Waals surface area contributed by atoms with E-state index in [9.17, 15) is 0 Å². The van der Waals surface area contributed by atoms with Gasteiger partial charge in [0.25, 0.3) is 0 Å². The fraction of sp³-hybridized carbons (Fsp3) is 1.00. The molecule has 0 N–H and O–H groups in total. The fourth-order valence-corrected chi connectivity index (χ4v) is 3.80. The van der Waals surface area contributed by atoms with Gasteiger partial charge in [-0.25, -0.2) is 0 Å². The van der Waals surface area contributed by atoms with Crippen LogP contribution in [0.4, 0.5) is 0 Å². The third-order valence-electron chi connectivity index (χ3n) is 4.85. The van der Waals surface area contributed by atoms with Crippen LogP contribution in [0, 0.1) is 17.8 Å². The Bertz CT molecular complexity index is 217. The van der Waals surface area contributed by atoms with Crippen molar-refractivity contribution in [1.29, 1.82) is 0 Å². The van der Waals surface area contributed by atoms with E-state index in [1.165, 1.54) is 38.6 Å². The average molecular weight is 225 g/mol. The van der Waals surface area contributed by atoms with Crippen LogP contribution in [0.25, 0.3) is 0 Å². The number of fused-ring (bicyclic) bond motifs is 2. The van der Waals surface area contributed by atoms with Crippen LogP contribution in [-0.4, -0.2) is 38.3 Å². The Morgan fingerprint density at radius 2 is 2.12 bits per heavy atom. The van der Waals surface area contributed by atoms with Gasteiger partial charge < -0.3 is 9.64 Å². The summed E-state index contributed by atoms with van der Waals surface area (Å²) in [6.45, 7) is 4.55. The highest BCUT2D eigenvalue weighted by atomic mass is 16.5. The highest BCUT2D eigenvalue weighted by Gasteiger charge is 2.49. The molecule has 3 rings (SSSR count). The lowest BCUT2D eigenvalue weighted by molar-refractivity contribution is -0.0844. The Labute approximate surface area is 100 Å². The molecule has 0 heterocycles. The molecule has 0 spiro atoms. The molecule has 3 fully saturated rings. The second-order valence-corrected chi connectivity index (χ2v) is 5.76. The molecule has 2 bridgehead atoms. The van der Waals surface area contributed by atoms with Crippen LogP contribution in [0.1, 0.15) is 39.0 Å². The van der Waals surface area contributed by atoms with Crippen molar-refractivity contribution in [2.45, 2.75) is 45.1 Å². The molecule has 3 saturated carbocycles. The molecule has 0 saturated heterocycles. The zero-order chi connectivity index (χ0) is 11.5. The largest absolute Gasteiger partial charge is 0.384 e. The number of hydrogen-bond donors (Lipinski definition) is 0. The lowest BCUT2D eigenvalue weighted by Gasteiger charge is -2.55. The second-order valence-electron chi connectivity index (χ2n) is 5.76. The van der Waals surface area contributed by atoms with Gasteiger partial charge in [-0.15, -0.1) is 0 Å². The lowest BCUT2D eigenvalue weighted by Crippen LogP contribution is -2.55. The summed E-state index contributed by atoms with van der Waals surface area (Å²) in [4.78, 5) is 2.62. The van der Waals surface area contributed by atoms with Crippen LogP contribution >= 0.6 is 0 Å². The monoisotopic (exact) mass is 225 g/mol. The van der Waals surface area contributed by atoms with Gasteiger partial charge in [-0.2, -0.15) is 0 Å². The molecule has 0 aromatic rings. The van der Waals surface area contributed by atoms with E-state index in [1.54, 1.807) is 0 Å². The molecule has 0 aromatic heterocycles. The summed E-state index contributed by atoms with van der Waals surface area (Å²) >= 11 is 0. The van der Waals surface area contributed by atoms with E-state index in [-0.39, 0.29) is 0 Å². The molecule has 0 radical (unpaired) electrons. The number of nitrogens with zero attached hydrogens (tertiary/aromatic N) is 1. The van der Waals surface area contributed by atoms with Crippen molar-refractivity contribution in [2.24, 2.45) is 17.8 Å². The highest BCUT2D eigenvalue weighted by molar-refractivity contribution is 5.00. The smallest absolute Gasteiger partial charge is 0.0496 e. The molecular formula is C14H27NO. The molecule has 0 aliphatic heterocycles. The first-order valence-corrected chi connectivity index (χ1v) is 6.97. The molecule has 4 atom stereocenters. The molecule has 3 aliphatic rings. The summed E-state index contributed by atoms with van der Waals surface area (Å²) in [7, 11) is 4.17. The summed E-state index contributed by atoms with van der Waals surface area (Å²) in [5.74, 6) is 2.79. The van der Waals surface area contributed by atoms with Gasteiger partial charge in [0.2, 0.25) is 0 Å². The van der Waals surface area contributed by atoms with E-state index in [2.05, 4.69) is 18.9 Å². The van der Waals surface area contributed by atoms with Crippen molar-refractivity contribution in [3.8, 4) is 0 Å². The third kappa shape index (κ3) is 2.28. The van der Waals surface area contributed by atoms with Gasteiger partial charge in [0.15, 0.2) is 0 Å². The van der Waals surface area contributed by atoms with Crippen LogP contribution < -0.4 is 0 Å². The van der Waals surface area contributed by atoms with Crippen molar-refractivity contribution in [3.63, 3.8) is 0 Å². The third-order valence-corrected chi connectivity index (χ3v) is 4.85. The van der Waals surface area contributed by atoms with Crippen molar-refractivity contribution >= 4 is 0 Å². The average Bonchev–Trinajstić information content (AvgIpc) is 2.32. The van der Waals surface area contributed by atoms with E-state index >= 15 is 0 Å². The van der Waals surface area contributed by atoms with Gasteiger partial charge in [0.05, 0.1) is 0 Å². The number of rotatable bonds is 6. The summed E-state index contributed by atoms with van der Waals surface area (Å²) in [6.07, 6.45) is 6.99. The standard InChI is InChI=1S/C14H27NO/c1-4-5-8-15(2)14-7-6-11-9-12(14)13(11)10-16-3/h11-14H,4-10H2,1-3H3. The predicted octanol–water partition coefficient (Wildman–Crippen LogP) is 2.78. The fourth-order valence-electron chi connectivity index (χ4n) is 3.80. The zero-order valence-corrected chi connectivity index (χ0v) is 11.1. The van der Waals surface area contributed by atoms with E-state index < -0.39 is 0 Å². The van der Waals surface area contributed by atoms with Gasteiger partial charge in [-0.05, 0) is 57.0 Å². The Kier molecular flexibility index (Phi) is 4.26. The first-order valence-electron chi connectivity index (χ1n) is 6.97. The second kappa shape index (κ2) is 5.50. The van der Waals surface area contributed by atoms with Gasteiger partial charge in [-0.1, -0.05) is 13.3 Å². The van der Waals surface area contributed by atoms with Crippen molar-refractivity contribution in [1.82, 2.24) is 4.90 Å². The Balaban J connectivity index is 1.85. The summed E-state index contributed by atoms with van der Waals surface area (Å²) in [5, 5.41) is 0. The Morgan fingerprint density at radius 3 is 2.75 bits per heavy atom. The number of methoxy groups -OCH3 is 1. The number of ether oxygens (including phenoxy) is 1. The maximum absolute atomic E-state index is 5.37. The van der Waals surface area contributed by atoms with Gasteiger partial charge in [-0.3, -0.25) is 0 Å². The van der Waals surface area contributed by atoms with Crippen LogP contribution in [0.15, 0.2) is 0 Å². The van der Waals surface area contributed by atoms with E-state index in [0.717, 1.165) is 30.4 Å². The van der Waals surface area contributed by atoms with Crippen molar-refractivity contribution < 1.29 is 4.74 Å². The zero-order valence-electron chi connectivity index (χ0n) is 11.1. The Morgan fingerprint density at radius 1 is 1.31 bits per heavy atom. The maximum atomic E-state index is 5.37. The van der Waals surface area contributed by atoms with Gasteiger partial charge in [0, 0.05) is 19.8 Å². The molecule has 4 unspecified atom stereocenters. The minimum Gasteiger partial charge on any atom is -0.384 e. The van der Waals surface area contributed by atoms with Crippen LogP contribution in [0.5, 0.6) is 0 Å². The molecular weight excluding hydrogens is 198 g/mol.